The Kier molecular flexibility index (Phi) is 10.8. The highest BCUT2D eigenvalue weighted by Gasteiger charge is 2.45. The van der Waals surface area contributed by atoms with Gasteiger partial charge in [-0.05, 0) is 79.1 Å². The molecule has 4 aromatic rings. The molecule has 59 heavy (non-hydrogen) atoms. The first-order chi connectivity index (χ1) is 26.9. The molecule has 0 bridgehead atoms. The van der Waals surface area contributed by atoms with E-state index in [1.165, 1.54) is 18.2 Å². The molecular formula is C37H39N2O15S5+. The number of nitrogens with zero attached hydrogens (tertiary/aromatic N) is 2. The van der Waals surface area contributed by atoms with Gasteiger partial charge in [-0.2, -0.15) is 46.7 Å². The monoisotopic (exact) mass is 911 g/mol. The maximum atomic E-state index is 12.4. The molecule has 0 aromatic heterocycles. The van der Waals surface area contributed by atoms with Crippen LogP contribution in [0.1, 0.15) is 45.2 Å². The van der Waals surface area contributed by atoms with Crippen LogP contribution in [0.15, 0.2) is 104 Å². The van der Waals surface area contributed by atoms with Gasteiger partial charge in [0.05, 0.1) is 21.0 Å². The van der Waals surface area contributed by atoms with Gasteiger partial charge in [0.1, 0.15) is 16.8 Å². The van der Waals surface area contributed by atoms with E-state index < -0.39 is 86.8 Å². The Bertz CT molecular complexity index is 3220. The highest BCUT2D eigenvalue weighted by molar-refractivity contribution is 7.87. The van der Waals surface area contributed by atoms with Crippen LogP contribution in [-0.2, 0) is 61.4 Å². The van der Waals surface area contributed by atoms with Crippen LogP contribution in [0.4, 0.5) is 11.4 Å². The van der Waals surface area contributed by atoms with E-state index in [4.69, 9.17) is 0 Å². The zero-order chi connectivity index (χ0) is 44.1. The minimum atomic E-state index is -5.00. The summed E-state index contributed by atoms with van der Waals surface area (Å²) in [6, 6.07) is 9.50. The van der Waals surface area contributed by atoms with E-state index in [0.717, 1.165) is 12.1 Å². The number of benzene rings is 4. The molecule has 0 amide bonds. The molecule has 22 heteroatoms. The first-order valence-electron chi connectivity index (χ1n) is 17.4. The first-order valence-corrected chi connectivity index (χ1v) is 24.8. The summed E-state index contributed by atoms with van der Waals surface area (Å²) >= 11 is 0. The Morgan fingerprint density at radius 1 is 0.610 bits per heavy atom. The molecule has 0 unspecified atom stereocenters. The van der Waals surface area contributed by atoms with Crippen molar-refractivity contribution in [2.24, 2.45) is 0 Å². The fourth-order valence-electron chi connectivity index (χ4n) is 8.16. The van der Waals surface area contributed by atoms with E-state index in [2.05, 4.69) is 0 Å². The second kappa shape index (κ2) is 14.4. The molecule has 2 aliphatic heterocycles. The summed E-state index contributed by atoms with van der Waals surface area (Å²) < 4.78 is 173. The molecule has 2 heterocycles. The van der Waals surface area contributed by atoms with Crippen LogP contribution >= 0.6 is 0 Å². The third kappa shape index (κ3) is 8.13. The Hall–Kier alpha value is -4.36. The molecule has 2 aliphatic rings. The number of rotatable bonds is 11. The number of fused-ring (bicyclic) bond motifs is 6. The van der Waals surface area contributed by atoms with Crippen LogP contribution in [0.2, 0.25) is 0 Å². The predicted molar refractivity (Wildman–Crippen MR) is 219 cm³/mol. The topological polar surface area (TPSA) is 278 Å². The Labute approximate surface area is 341 Å². The fraction of sp³-hybridized carbons (Fsp3) is 0.270. The van der Waals surface area contributed by atoms with E-state index in [9.17, 15) is 64.9 Å². The lowest BCUT2D eigenvalue weighted by atomic mass is 9.79. The smallest absolute Gasteiger partial charge is 0.295 e. The van der Waals surface area contributed by atoms with E-state index in [1.54, 1.807) is 62.2 Å². The van der Waals surface area contributed by atoms with Crippen LogP contribution in [-0.4, -0.2) is 94.5 Å². The fourth-order valence-corrected chi connectivity index (χ4v) is 11.3. The second-order valence-electron chi connectivity index (χ2n) is 15.1. The van der Waals surface area contributed by atoms with Gasteiger partial charge in [0.2, 0.25) is 5.69 Å². The molecule has 6 rings (SSSR count). The molecule has 0 fully saturated rings. The third-order valence-corrected chi connectivity index (χ3v) is 14.9. The lowest BCUT2D eigenvalue weighted by Crippen LogP contribution is -2.28. The standard InChI is InChI=1S/C37H38N2O15S5/c1-36(2)32(38(5)28-14-12-24-26(34(28)36)18-22(56(43,44)45)20-30(24)58(49,50)51)10-7-6-8-11-33-37(3,4)35-27-19-23(57(46,47)48)21-31(59(52,53)54)25(27)13-15-29(35)39(33)16-9-17-55(40,41)42/h6-8,10-15,18-21H,9,16-17H2,1-5H3,(H4-,40,41,42,43,44,45,46,47,48,49,50,51,52,53,54)/p+1. The number of hydrogen-bond acceptors (Lipinski definition) is 11. The lowest BCUT2D eigenvalue weighted by molar-refractivity contribution is -0.401. The average molecular weight is 912 g/mol. The first kappa shape index (κ1) is 44.2. The van der Waals surface area contributed by atoms with Crippen molar-refractivity contribution in [1.29, 1.82) is 0 Å². The molecule has 0 atom stereocenters. The summed E-state index contributed by atoms with van der Waals surface area (Å²) in [6.45, 7) is 7.18. The third-order valence-electron chi connectivity index (χ3n) is 10.6. The lowest BCUT2D eigenvalue weighted by Gasteiger charge is -2.27. The van der Waals surface area contributed by atoms with Crippen LogP contribution < -0.4 is 4.90 Å². The van der Waals surface area contributed by atoms with Gasteiger partial charge >= 0.3 is 0 Å². The summed E-state index contributed by atoms with van der Waals surface area (Å²) in [4.78, 5) is -1.23. The average Bonchev–Trinajstić information content (AvgIpc) is 3.42. The van der Waals surface area contributed by atoms with Crippen molar-refractivity contribution in [1.82, 2.24) is 0 Å². The van der Waals surface area contributed by atoms with E-state index >= 15 is 0 Å². The van der Waals surface area contributed by atoms with Gasteiger partial charge in [-0.1, -0.05) is 38.1 Å². The van der Waals surface area contributed by atoms with Crippen molar-refractivity contribution in [3.8, 4) is 0 Å². The number of allylic oxidation sites excluding steroid dienone is 6. The van der Waals surface area contributed by atoms with Gasteiger partial charge in [-0.3, -0.25) is 22.8 Å². The predicted octanol–water partition coefficient (Wildman–Crippen LogP) is 5.06. The van der Waals surface area contributed by atoms with Crippen molar-refractivity contribution in [3.05, 3.63) is 95.7 Å². The molecule has 4 aromatic carbocycles. The summed E-state index contributed by atoms with van der Waals surface area (Å²) in [6.07, 6.45) is 8.42. The SMILES string of the molecule is C[N+]1=C(/C=C/C=C/C=C2/N(CCCS(=O)(=O)O)c3ccc4c(S(=O)(=O)O)cc(S(=O)(=O)O)cc4c3C2(C)C)C(C)(C)c2c1ccc1c(S(=O)(=O)O)cc(S(=O)(=O)O)cc21. The molecular weight excluding hydrogens is 873 g/mol. The van der Waals surface area contributed by atoms with Crippen molar-refractivity contribution in [2.45, 2.75) is 64.5 Å². The van der Waals surface area contributed by atoms with E-state index in [0.29, 0.717) is 46.0 Å². The Morgan fingerprint density at radius 3 is 1.61 bits per heavy atom. The molecule has 0 saturated heterocycles. The molecule has 0 aliphatic carbocycles. The Balaban J connectivity index is 1.44. The van der Waals surface area contributed by atoms with Gasteiger partial charge < -0.3 is 4.90 Å². The normalized spacial score (nSPS) is 17.9. The molecule has 0 spiro atoms. The molecule has 0 radical (unpaired) electrons. The summed E-state index contributed by atoms with van der Waals surface area (Å²) in [5.41, 5.74) is 1.22. The largest absolute Gasteiger partial charge is 0.344 e. The van der Waals surface area contributed by atoms with Gasteiger partial charge in [-0.15, -0.1) is 0 Å². The quantitative estimate of drug-likeness (QED) is 0.0747. The van der Waals surface area contributed by atoms with Crippen LogP contribution in [0, 0.1) is 0 Å². The molecule has 316 valence electrons. The highest BCUT2D eigenvalue weighted by atomic mass is 32.2. The summed E-state index contributed by atoms with van der Waals surface area (Å²) in [5, 5.41) is 0.240. The number of hydrogen-bond donors (Lipinski definition) is 5. The highest BCUT2D eigenvalue weighted by Crippen LogP contribution is 2.52. The van der Waals surface area contributed by atoms with Crippen molar-refractivity contribution in [2.75, 3.05) is 24.2 Å². The minimum absolute atomic E-state index is 0.0299. The maximum Gasteiger partial charge on any atom is 0.295 e. The number of anilines is 1. The molecule has 0 saturated carbocycles. The van der Waals surface area contributed by atoms with E-state index in [1.807, 2.05) is 18.4 Å². The molecule has 5 N–H and O–H groups in total. The van der Waals surface area contributed by atoms with Gasteiger partial charge in [0.25, 0.3) is 50.6 Å². The minimum Gasteiger partial charge on any atom is -0.344 e. The zero-order valence-electron chi connectivity index (χ0n) is 31.9. The summed E-state index contributed by atoms with van der Waals surface area (Å²) in [5.74, 6) is -0.591. The van der Waals surface area contributed by atoms with Crippen LogP contribution in [0.5, 0.6) is 0 Å². The van der Waals surface area contributed by atoms with Crippen LogP contribution in [0.3, 0.4) is 0 Å². The van der Waals surface area contributed by atoms with Crippen molar-refractivity contribution in [3.63, 3.8) is 0 Å². The van der Waals surface area contributed by atoms with Crippen LogP contribution in [0.25, 0.3) is 21.5 Å². The van der Waals surface area contributed by atoms with Gasteiger partial charge in [0.15, 0.2) is 5.71 Å². The summed E-state index contributed by atoms with van der Waals surface area (Å²) in [7, 11) is -22.4. The van der Waals surface area contributed by atoms with Gasteiger partial charge in [0, 0.05) is 51.8 Å². The van der Waals surface area contributed by atoms with Crippen molar-refractivity contribution >= 4 is 89.2 Å². The van der Waals surface area contributed by atoms with E-state index in [-0.39, 0.29) is 34.5 Å². The van der Waals surface area contributed by atoms with Gasteiger partial charge in [-0.25, -0.2) is 0 Å². The molecule has 17 nitrogen and oxygen atoms in total. The zero-order valence-corrected chi connectivity index (χ0v) is 36.0. The van der Waals surface area contributed by atoms with Crippen molar-refractivity contribution < 1.29 is 69.4 Å². The second-order valence-corrected chi connectivity index (χ2v) is 22.3. The Morgan fingerprint density at radius 2 is 1.12 bits per heavy atom. The maximum absolute atomic E-state index is 12.4.